The van der Waals surface area contributed by atoms with E-state index in [1.807, 2.05) is 68.4 Å². The SMILES string of the molecule is COc1cccc(Cn2nc(C)c(/C=C/C(=O)N[C@@H](C)c3ccccc3)c2Cl)c1. The number of hydrogen-bond donors (Lipinski definition) is 1. The molecule has 0 aliphatic rings. The molecule has 1 atom stereocenters. The van der Waals surface area contributed by atoms with Gasteiger partial charge in [-0.2, -0.15) is 5.10 Å². The summed E-state index contributed by atoms with van der Waals surface area (Å²) in [5.41, 5.74) is 3.57. The Morgan fingerprint density at radius 2 is 2.00 bits per heavy atom. The fraction of sp³-hybridized carbons (Fsp3) is 0.217. The minimum Gasteiger partial charge on any atom is -0.497 e. The average molecular weight is 410 g/mol. The number of methoxy groups -OCH3 is 1. The van der Waals surface area contributed by atoms with E-state index in [-0.39, 0.29) is 11.9 Å². The molecule has 0 saturated carbocycles. The second kappa shape index (κ2) is 9.43. The van der Waals surface area contributed by atoms with Crippen LogP contribution in [0.4, 0.5) is 0 Å². The summed E-state index contributed by atoms with van der Waals surface area (Å²) < 4.78 is 6.98. The number of amides is 1. The lowest BCUT2D eigenvalue weighted by Crippen LogP contribution is -2.24. The van der Waals surface area contributed by atoms with Crippen molar-refractivity contribution < 1.29 is 9.53 Å². The summed E-state index contributed by atoms with van der Waals surface area (Å²) in [5, 5.41) is 7.95. The first-order chi connectivity index (χ1) is 14.0. The molecule has 5 nitrogen and oxygen atoms in total. The van der Waals surface area contributed by atoms with E-state index in [0.717, 1.165) is 28.1 Å². The molecule has 0 saturated heterocycles. The molecule has 0 aliphatic heterocycles. The maximum absolute atomic E-state index is 12.3. The van der Waals surface area contributed by atoms with Crippen LogP contribution in [0.3, 0.4) is 0 Å². The third-order valence-corrected chi connectivity index (χ3v) is 5.03. The first kappa shape index (κ1) is 20.7. The van der Waals surface area contributed by atoms with E-state index in [2.05, 4.69) is 10.4 Å². The zero-order valence-corrected chi connectivity index (χ0v) is 17.5. The maximum Gasteiger partial charge on any atom is 0.244 e. The Labute approximate surface area is 176 Å². The summed E-state index contributed by atoms with van der Waals surface area (Å²) >= 11 is 6.52. The number of rotatable bonds is 7. The lowest BCUT2D eigenvalue weighted by molar-refractivity contribution is -0.117. The lowest BCUT2D eigenvalue weighted by atomic mass is 10.1. The lowest BCUT2D eigenvalue weighted by Gasteiger charge is -2.12. The van der Waals surface area contributed by atoms with Crippen LogP contribution in [0.15, 0.2) is 60.7 Å². The zero-order valence-electron chi connectivity index (χ0n) is 16.7. The van der Waals surface area contributed by atoms with Crippen LogP contribution in [0, 0.1) is 6.92 Å². The summed E-state index contributed by atoms with van der Waals surface area (Å²) in [6.45, 7) is 4.34. The molecule has 0 fully saturated rings. The molecule has 0 aliphatic carbocycles. The Morgan fingerprint density at radius 1 is 1.24 bits per heavy atom. The summed E-state index contributed by atoms with van der Waals surface area (Å²) in [4.78, 5) is 12.3. The van der Waals surface area contributed by atoms with Crippen LogP contribution in [-0.2, 0) is 11.3 Å². The molecule has 150 valence electrons. The molecule has 0 unspecified atom stereocenters. The van der Waals surface area contributed by atoms with Gasteiger partial charge in [-0.3, -0.25) is 4.79 Å². The largest absolute Gasteiger partial charge is 0.497 e. The van der Waals surface area contributed by atoms with Gasteiger partial charge in [-0.05, 0) is 43.2 Å². The van der Waals surface area contributed by atoms with Crippen molar-refractivity contribution in [3.8, 4) is 5.75 Å². The van der Waals surface area contributed by atoms with Crippen LogP contribution in [0.25, 0.3) is 6.08 Å². The van der Waals surface area contributed by atoms with Crippen LogP contribution in [0.1, 0.15) is 35.3 Å². The van der Waals surface area contributed by atoms with E-state index < -0.39 is 0 Å². The van der Waals surface area contributed by atoms with Crippen LogP contribution >= 0.6 is 11.6 Å². The highest BCUT2D eigenvalue weighted by Gasteiger charge is 2.13. The quantitative estimate of drug-likeness (QED) is 0.570. The summed E-state index contributed by atoms with van der Waals surface area (Å²) in [7, 11) is 1.64. The van der Waals surface area contributed by atoms with Crippen molar-refractivity contribution in [3.05, 3.63) is 88.2 Å². The van der Waals surface area contributed by atoms with Crippen molar-refractivity contribution in [3.63, 3.8) is 0 Å². The van der Waals surface area contributed by atoms with Crippen molar-refractivity contribution >= 4 is 23.6 Å². The molecule has 1 heterocycles. The molecule has 1 aromatic heterocycles. The summed E-state index contributed by atoms with van der Waals surface area (Å²) in [6.07, 6.45) is 3.20. The fourth-order valence-corrected chi connectivity index (χ4v) is 3.35. The molecule has 0 spiro atoms. The monoisotopic (exact) mass is 409 g/mol. The molecule has 1 amide bonds. The van der Waals surface area contributed by atoms with Gasteiger partial charge in [0.05, 0.1) is 25.4 Å². The second-order valence-electron chi connectivity index (χ2n) is 6.77. The Balaban J connectivity index is 1.70. The number of carbonyl (C=O) groups excluding carboxylic acids is 1. The molecule has 29 heavy (non-hydrogen) atoms. The molecule has 6 heteroatoms. The predicted octanol–water partition coefficient (Wildman–Crippen LogP) is 4.79. The minimum atomic E-state index is -0.183. The highest BCUT2D eigenvalue weighted by atomic mass is 35.5. The number of aromatic nitrogens is 2. The van der Waals surface area contributed by atoms with Gasteiger partial charge >= 0.3 is 0 Å². The maximum atomic E-state index is 12.3. The predicted molar refractivity (Wildman–Crippen MR) is 116 cm³/mol. The molecule has 3 aromatic rings. The Hall–Kier alpha value is -3.05. The Kier molecular flexibility index (Phi) is 6.73. The first-order valence-corrected chi connectivity index (χ1v) is 9.75. The molecule has 2 aromatic carbocycles. The number of ether oxygens (including phenoxy) is 1. The number of hydrogen-bond acceptors (Lipinski definition) is 3. The van der Waals surface area contributed by atoms with Crippen LogP contribution in [0.2, 0.25) is 5.15 Å². The summed E-state index contributed by atoms with van der Waals surface area (Å²) in [5.74, 6) is 0.601. The fourth-order valence-electron chi connectivity index (χ4n) is 3.05. The van der Waals surface area contributed by atoms with Gasteiger partial charge < -0.3 is 10.1 Å². The van der Waals surface area contributed by atoms with Crippen molar-refractivity contribution in [2.24, 2.45) is 0 Å². The average Bonchev–Trinajstić information content (AvgIpc) is 2.99. The number of halogens is 1. The number of nitrogens with one attached hydrogen (secondary N) is 1. The third-order valence-electron chi connectivity index (χ3n) is 4.64. The Morgan fingerprint density at radius 3 is 2.72 bits per heavy atom. The van der Waals surface area contributed by atoms with Gasteiger partial charge in [-0.15, -0.1) is 0 Å². The van der Waals surface area contributed by atoms with Crippen molar-refractivity contribution in [2.75, 3.05) is 7.11 Å². The van der Waals surface area contributed by atoms with Gasteiger partial charge in [-0.25, -0.2) is 4.68 Å². The zero-order chi connectivity index (χ0) is 20.8. The van der Waals surface area contributed by atoms with E-state index in [1.165, 1.54) is 6.08 Å². The van der Waals surface area contributed by atoms with Gasteiger partial charge in [0.2, 0.25) is 5.91 Å². The topological polar surface area (TPSA) is 56.2 Å². The van der Waals surface area contributed by atoms with E-state index in [4.69, 9.17) is 16.3 Å². The van der Waals surface area contributed by atoms with Crippen LogP contribution < -0.4 is 10.1 Å². The number of benzene rings is 2. The Bertz CT molecular complexity index is 1010. The molecule has 0 bridgehead atoms. The normalized spacial score (nSPS) is 12.1. The van der Waals surface area contributed by atoms with Crippen molar-refractivity contribution in [1.82, 2.24) is 15.1 Å². The van der Waals surface area contributed by atoms with Gasteiger partial charge in [0, 0.05) is 11.6 Å². The molecular formula is C23H24ClN3O2. The van der Waals surface area contributed by atoms with Gasteiger partial charge in [0.15, 0.2) is 0 Å². The number of carbonyl (C=O) groups is 1. The van der Waals surface area contributed by atoms with Crippen LogP contribution in [0.5, 0.6) is 5.75 Å². The van der Waals surface area contributed by atoms with Gasteiger partial charge in [0.25, 0.3) is 0 Å². The highest BCUT2D eigenvalue weighted by Crippen LogP contribution is 2.23. The van der Waals surface area contributed by atoms with E-state index in [9.17, 15) is 4.79 Å². The number of aryl methyl sites for hydroxylation is 1. The molecular weight excluding hydrogens is 386 g/mol. The van der Waals surface area contributed by atoms with Gasteiger partial charge in [0.1, 0.15) is 10.9 Å². The molecule has 0 radical (unpaired) electrons. The minimum absolute atomic E-state index is 0.0827. The first-order valence-electron chi connectivity index (χ1n) is 9.37. The highest BCUT2D eigenvalue weighted by molar-refractivity contribution is 6.31. The van der Waals surface area contributed by atoms with E-state index in [1.54, 1.807) is 17.9 Å². The summed E-state index contributed by atoms with van der Waals surface area (Å²) in [6, 6.07) is 17.5. The van der Waals surface area contributed by atoms with E-state index in [0.29, 0.717) is 11.7 Å². The second-order valence-corrected chi connectivity index (χ2v) is 7.13. The smallest absolute Gasteiger partial charge is 0.244 e. The number of nitrogens with zero attached hydrogens (tertiary/aromatic N) is 2. The van der Waals surface area contributed by atoms with Gasteiger partial charge in [-0.1, -0.05) is 54.1 Å². The van der Waals surface area contributed by atoms with E-state index >= 15 is 0 Å². The molecule has 3 rings (SSSR count). The molecule has 1 N–H and O–H groups in total. The standard InChI is InChI=1S/C23H24ClN3O2/c1-16(19-9-5-4-6-10-19)25-22(28)13-12-21-17(2)26-27(23(21)24)15-18-8-7-11-20(14-18)29-3/h4-14,16H,15H2,1-3H3,(H,25,28)/b13-12+/t16-/m0/s1. The van der Waals surface area contributed by atoms with Crippen molar-refractivity contribution in [1.29, 1.82) is 0 Å². The van der Waals surface area contributed by atoms with Crippen LogP contribution in [-0.4, -0.2) is 22.8 Å². The van der Waals surface area contributed by atoms with Crippen molar-refractivity contribution in [2.45, 2.75) is 26.4 Å². The third kappa shape index (κ3) is 5.27.